The smallest absolute Gasteiger partial charge is 0.224 e. The highest BCUT2D eigenvalue weighted by Gasteiger charge is 2.16. The van der Waals surface area contributed by atoms with Crippen LogP contribution in [0.4, 0.5) is 11.5 Å². The molecule has 0 aliphatic carbocycles. The van der Waals surface area contributed by atoms with Gasteiger partial charge in [0.05, 0.1) is 33.1 Å². The van der Waals surface area contributed by atoms with Gasteiger partial charge in [-0.1, -0.05) is 0 Å². The molecule has 0 bridgehead atoms. The molecule has 2 aromatic heterocycles. The van der Waals surface area contributed by atoms with E-state index in [1.807, 2.05) is 12.1 Å². The monoisotopic (exact) mass is 412 g/mol. The predicted octanol–water partition coefficient (Wildman–Crippen LogP) is 1.55. The largest absolute Gasteiger partial charge is 0.497 e. The average Bonchev–Trinajstić information content (AvgIpc) is 3.20. The lowest BCUT2D eigenvalue weighted by Crippen LogP contribution is -2.37. The number of anilines is 2. The molecular weight excluding hydrogens is 388 g/mol. The third kappa shape index (κ3) is 4.28. The zero-order valence-electron chi connectivity index (χ0n) is 17.0. The first-order valence-corrected chi connectivity index (χ1v) is 9.74. The maximum Gasteiger partial charge on any atom is 0.224 e. The lowest BCUT2D eigenvalue weighted by Gasteiger charge is -2.27. The minimum absolute atomic E-state index is 0.164. The Morgan fingerprint density at radius 2 is 1.97 bits per heavy atom. The van der Waals surface area contributed by atoms with Crippen molar-refractivity contribution >= 4 is 23.1 Å². The summed E-state index contributed by atoms with van der Waals surface area (Å²) in [5, 5.41) is 15.9. The molecule has 1 amide bonds. The van der Waals surface area contributed by atoms with Crippen LogP contribution < -0.4 is 19.7 Å². The number of fused-ring (bicyclic) bond motifs is 1. The van der Waals surface area contributed by atoms with E-state index in [0.29, 0.717) is 48.3 Å². The van der Waals surface area contributed by atoms with Crippen LogP contribution in [-0.2, 0) is 16.0 Å². The van der Waals surface area contributed by atoms with Gasteiger partial charge in [-0.2, -0.15) is 4.52 Å². The Bertz CT molecular complexity index is 1030. The van der Waals surface area contributed by atoms with Gasteiger partial charge >= 0.3 is 0 Å². The molecule has 0 unspecified atom stereocenters. The first-order valence-electron chi connectivity index (χ1n) is 9.74. The van der Waals surface area contributed by atoms with Crippen LogP contribution in [0.3, 0.4) is 0 Å². The van der Waals surface area contributed by atoms with E-state index in [4.69, 9.17) is 14.2 Å². The molecule has 4 rings (SSSR count). The second-order valence-electron chi connectivity index (χ2n) is 6.79. The number of aryl methyl sites for hydroxylation is 1. The summed E-state index contributed by atoms with van der Waals surface area (Å²) >= 11 is 0. The van der Waals surface area contributed by atoms with E-state index < -0.39 is 0 Å². The number of morpholine rings is 1. The van der Waals surface area contributed by atoms with Gasteiger partial charge in [-0.15, -0.1) is 15.3 Å². The molecular formula is C20H24N6O4. The molecule has 1 aliphatic rings. The second-order valence-corrected chi connectivity index (χ2v) is 6.79. The number of carbonyl (C=O) groups is 1. The van der Waals surface area contributed by atoms with Crippen molar-refractivity contribution in [3.05, 3.63) is 36.2 Å². The van der Waals surface area contributed by atoms with Crippen LogP contribution in [-0.4, -0.2) is 66.2 Å². The average molecular weight is 412 g/mol. The molecule has 0 atom stereocenters. The first kappa shape index (κ1) is 19.9. The zero-order chi connectivity index (χ0) is 20.9. The van der Waals surface area contributed by atoms with Crippen LogP contribution in [0.5, 0.6) is 11.5 Å². The van der Waals surface area contributed by atoms with E-state index in [0.717, 1.165) is 18.9 Å². The van der Waals surface area contributed by atoms with Gasteiger partial charge in [0.15, 0.2) is 11.5 Å². The molecule has 3 heterocycles. The number of amides is 1. The van der Waals surface area contributed by atoms with Gasteiger partial charge in [0.25, 0.3) is 0 Å². The van der Waals surface area contributed by atoms with E-state index in [-0.39, 0.29) is 12.3 Å². The van der Waals surface area contributed by atoms with Crippen LogP contribution in [0.1, 0.15) is 12.2 Å². The van der Waals surface area contributed by atoms with E-state index >= 15 is 0 Å². The Kier molecular flexibility index (Phi) is 5.94. The number of ether oxygens (including phenoxy) is 3. The Morgan fingerprint density at radius 3 is 2.73 bits per heavy atom. The Labute approximate surface area is 173 Å². The van der Waals surface area contributed by atoms with Crippen molar-refractivity contribution in [1.29, 1.82) is 0 Å². The zero-order valence-corrected chi connectivity index (χ0v) is 17.0. The molecule has 10 heteroatoms. The first-order chi connectivity index (χ1) is 14.7. The predicted molar refractivity (Wildman–Crippen MR) is 110 cm³/mol. The topological polar surface area (TPSA) is 103 Å². The van der Waals surface area contributed by atoms with Crippen LogP contribution in [0.25, 0.3) is 5.65 Å². The van der Waals surface area contributed by atoms with Crippen molar-refractivity contribution in [3.8, 4) is 11.5 Å². The lowest BCUT2D eigenvalue weighted by molar-refractivity contribution is -0.116. The number of hydrogen-bond donors (Lipinski definition) is 1. The van der Waals surface area contributed by atoms with Crippen molar-refractivity contribution in [2.45, 2.75) is 12.8 Å². The van der Waals surface area contributed by atoms with Crippen LogP contribution in [0.15, 0.2) is 30.3 Å². The molecule has 1 N–H and O–H groups in total. The van der Waals surface area contributed by atoms with Gasteiger partial charge in [-0.05, 0) is 24.3 Å². The molecule has 0 saturated carbocycles. The summed E-state index contributed by atoms with van der Waals surface area (Å²) in [6, 6.07) is 9.06. The number of carbonyl (C=O) groups excluding carboxylic acids is 1. The highest BCUT2D eigenvalue weighted by atomic mass is 16.5. The van der Waals surface area contributed by atoms with E-state index in [9.17, 15) is 4.79 Å². The second kappa shape index (κ2) is 8.95. The van der Waals surface area contributed by atoms with E-state index in [1.54, 1.807) is 36.9 Å². The summed E-state index contributed by atoms with van der Waals surface area (Å²) in [4.78, 5) is 14.7. The maximum absolute atomic E-state index is 12.5. The lowest BCUT2D eigenvalue weighted by atomic mass is 10.2. The molecule has 1 saturated heterocycles. The van der Waals surface area contributed by atoms with Crippen LogP contribution >= 0.6 is 0 Å². The van der Waals surface area contributed by atoms with Crippen molar-refractivity contribution in [3.63, 3.8) is 0 Å². The van der Waals surface area contributed by atoms with Crippen molar-refractivity contribution < 1.29 is 19.0 Å². The fraction of sp³-hybridized carbons (Fsp3) is 0.400. The molecule has 30 heavy (non-hydrogen) atoms. The number of benzene rings is 1. The summed E-state index contributed by atoms with van der Waals surface area (Å²) in [6.07, 6.45) is 0.628. The maximum atomic E-state index is 12.5. The number of nitrogens with zero attached hydrogens (tertiary/aromatic N) is 5. The number of aromatic nitrogens is 4. The standard InChI is InChI=1S/C20H24N6O4/c1-28-14-3-4-16(29-2)15(13-14)21-20(27)8-7-18-23-22-17-5-6-19(24-26(17)18)25-9-11-30-12-10-25/h3-6,13H,7-12H2,1-2H3,(H,21,27). The van der Waals surface area contributed by atoms with Crippen LogP contribution in [0.2, 0.25) is 0 Å². The minimum atomic E-state index is -0.164. The summed E-state index contributed by atoms with van der Waals surface area (Å²) in [5.74, 6) is 2.51. The molecule has 1 aromatic carbocycles. The number of rotatable bonds is 7. The van der Waals surface area contributed by atoms with Crippen molar-refractivity contribution in [2.75, 3.05) is 50.7 Å². The van der Waals surface area contributed by atoms with Crippen molar-refractivity contribution in [1.82, 2.24) is 19.8 Å². The summed E-state index contributed by atoms with van der Waals surface area (Å²) in [6.45, 7) is 2.95. The number of nitrogens with one attached hydrogen (secondary N) is 1. The summed E-state index contributed by atoms with van der Waals surface area (Å²) in [5.41, 5.74) is 1.21. The Balaban J connectivity index is 1.45. The highest BCUT2D eigenvalue weighted by Crippen LogP contribution is 2.29. The summed E-state index contributed by atoms with van der Waals surface area (Å²) < 4.78 is 17.6. The number of hydrogen-bond acceptors (Lipinski definition) is 8. The van der Waals surface area contributed by atoms with E-state index in [1.165, 1.54) is 0 Å². The SMILES string of the molecule is COc1ccc(OC)c(NC(=O)CCc2nnc3ccc(N4CCOCC4)nn23)c1. The molecule has 10 nitrogen and oxygen atoms in total. The van der Waals surface area contributed by atoms with Gasteiger partial charge in [-0.25, -0.2) is 0 Å². The van der Waals surface area contributed by atoms with Gasteiger partial charge in [0.1, 0.15) is 17.3 Å². The Hall–Kier alpha value is -3.40. The van der Waals surface area contributed by atoms with Crippen LogP contribution in [0, 0.1) is 0 Å². The van der Waals surface area contributed by atoms with E-state index in [2.05, 4.69) is 25.5 Å². The molecule has 0 spiro atoms. The van der Waals surface area contributed by atoms with Gasteiger partial charge in [0.2, 0.25) is 5.91 Å². The molecule has 1 aliphatic heterocycles. The van der Waals surface area contributed by atoms with Gasteiger partial charge < -0.3 is 24.4 Å². The highest BCUT2D eigenvalue weighted by molar-refractivity contribution is 5.92. The third-order valence-electron chi connectivity index (χ3n) is 4.90. The molecule has 3 aromatic rings. The quantitative estimate of drug-likeness (QED) is 0.624. The molecule has 158 valence electrons. The fourth-order valence-corrected chi connectivity index (χ4v) is 3.29. The number of methoxy groups -OCH3 is 2. The summed E-state index contributed by atoms with van der Waals surface area (Å²) in [7, 11) is 3.12. The van der Waals surface area contributed by atoms with Gasteiger partial charge in [-0.3, -0.25) is 4.79 Å². The van der Waals surface area contributed by atoms with Gasteiger partial charge in [0, 0.05) is 32.0 Å². The molecule has 0 radical (unpaired) electrons. The van der Waals surface area contributed by atoms with Crippen molar-refractivity contribution in [2.24, 2.45) is 0 Å². The molecule has 1 fully saturated rings. The third-order valence-corrected chi connectivity index (χ3v) is 4.90. The Morgan fingerprint density at radius 1 is 1.13 bits per heavy atom. The minimum Gasteiger partial charge on any atom is -0.497 e. The normalized spacial score (nSPS) is 14.0. The fourth-order valence-electron chi connectivity index (χ4n) is 3.29.